The molecule has 1 aliphatic heterocycles. The Balaban J connectivity index is 1.75. The average molecular weight is 384 g/mol. The molecule has 2 aromatic rings. The Bertz CT molecular complexity index is 901. The van der Waals surface area contributed by atoms with Crippen LogP contribution >= 0.6 is 35.1 Å². The van der Waals surface area contributed by atoms with Crippen molar-refractivity contribution >= 4 is 50.9 Å². The van der Waals surface area contributed by atoms with Crippen molar-refractivity contribution < 1.29 is 4.92 Å². The molecule has 0 fully saturated rings. The number of hydrazone groups is 1. The summed E-state index contributed by atoms with van der Waals surface area (Å²) in [5.41, 5.74) is 1.07. The van der Waals surface area contributed by atoms with Crippen molar-refractivity contribution in [2.45, 2.75) is 10.6 Å². The van der Waals surface area contributed by atoms with E-state index in [0.29, 0.717) is 25.7 Å². The third kappa shape index (κ3) is 3.40. The first-order valence-corrected chi connectivity index (χ1v) is 8.77. The summed E-state index contributed by atoms with van der Waals surface area (Å²) in [7, 11) is 1.74. The van der Waals surface area contributed by atoms with Crippen LogP contribution in [0, 0.1) is 10.1 Å². The third-order valence-electron chi connectivity index (χ3n) is 3.16. The number of nitrogens with zero attached hydrogens (tertiary/aromatic N) is 4. The number of non-ortho nitro benzene ring substituents is 1. The topological polar surface area (TPSA) is 104 Å². The van der Waals surface area contributed by atoms with Crippen LogP contribution in [0.1, 0.15) is 5.56 Å². The van der Waals surface area contributed by atoms with Gasteiger partial charge in [-0.05, 0) is 11.6 Å². The first-order chi connectivity index (χ1) is 11.5. The average Bonchev–Trinajstić information content (AvgIpc) is 2.54. The fourth-order valence-electron chi connectivity index (χ4n) is 1.96. The van der Waals surface area contributed by atoms with Crippen LogP contribution in [0.3, 0.4) is 0 Å². The molecule has 0 aliphatic carbocycles. The molecular weight excluding hydrogens is 374 g/mol. The molecule has 8 nitrogen and oxygen atoms in total. The molecule has 124 valence electrons. The molecule has 3 rings (SSSR count). The number of fused-ring (bicyclic) bond motifs is 1. The zero-order valence-electron chi connectivity index (χ0n) is 12.2. The Morgan fingerprint density at radius 3 is 3.00 bits per heavy atom. The van der Waals surface area contributed by atoms with E-state index in [1.165, 1.54) is 35.7 Å². The van der Waals surface area contributed by atoms with E-state index in [-0.39, 0.29) is 11.2 Å². The molecule has 2 heterocycles. The van der Waals surface area contributed by atoms with E-state index in [2.05, 4.69) is 15.3 Å². The van der Waals surface area contributed by atoms with E-state index >= 15 is 0 Å². The van der Waals surface area contributed by atoms with Crippen molar-refractivity contribution in [3.8, 4) is 0 Å². The maximum atomic E-state index is 11.9. The Hall–Kier alpha value is -2.04. The highest BCUT2D eigenvalue weighted by molar-refractivity contribution is 8.38. The Morgan fingerprint density at radius 1 is 1.50 bits per heavy atom. The van der Waals surface area contributed by atoms with Crippen LogP contribution in [0.25, 0.3) is 0 Å². The minimum Gasteiger partial charge on any atom is -0.267 e. The van der Waals surface area contributed by atoms with Crippen LogP contribution in [0.4, 0.5) is 11.4 Å². The number of nitrogens with one attached hydrogen (secondary N) is 1. The fraction of sp³-hybridized carbons (Fsp3) is 0.154. The number of H-pyrrole nitrogens is 1. The standard InChI is InChI=1S/C13H10ClN5O3S2/c1-18-10-5-15-16-12(20)11(10)24-13(17-18)23-6-7-2-3-8(19(21)22)4-9(7)14/h2-5H,6H2,1H3,(H,16,20). The van der Waals surface area contributed by atoms with Gasteiger partial charge in [-0.3, -0.25) is 19.9 Å². The summed E-state index contributed by atoms with van der Waals surface area (Å²) in [6, 6.07) is 4.36. The Morgan fingerprint density at radius 2 is 2.29 bits per heavy atom. The molecule has 24 heavy (non-hydrogen) atoms. The van der Waals surface area contributed by atoms with Crippen LogP contribution in [-0.4, -0.2) is 26.5 Å². The van der Waals surface area contributed by atoms with Crippen molar-refractivity contribution in [3.05, 3.63) is 55.5 Å². The monoisotopic (exact) mass is 383 g/mol. The lowest BCUT2D eigenvalue weighted by atomic mass is 10.2. The van der Waals surface area contributed by atoms with Gasteiger partial charge in [-0.2, -0.15) is 10.2 Å². The third-order valence-corrected chi connectivity index (χ3v) is 5.75. The molecule has 1 aromatic carbocycles. The lowest BCUT2D eigenvalue weighted by molar-refractivity contribution is -0.384. The van der Waals surface area contributed by atoms with E-state index in [1.54, 1.807) is 24.3 Å². The number of rotatable bonds is 3. The predicted molar refractivity (Wildman–Crippen MR) is 96.0 cm³/mol. The molecule has 0 atom stereocenters. The summed E-state index contributed by atoms with van der Waals surface area (Å²) in [6.45, 7) is 0. The molecule has 0 saturated heterocycles. The largest absolute Gasteiger partial charge is 0.280 e. The molecule has 0 spiro atoms. The highest BCUT2D eigenvalue weighted by atomic mass is 35.5. The minimum absolute atomic E-state index is 0.0502. The second kappa shape index (κ2) is 6.83. The molecule has 0 bridgehead atoms. The van der Waals surface area contributed by atoms with Gasteiger partial charge in [0.15, 0.2) is 4.38 Å². The molecule has 1 aromatic heterocycles. The summed E-state index contributed by atoms with van der Waals surface area (Å²) < 4.78 is 0.677. The first-order valence-electron chi connectivity index (χ1n) is 6.59. The van der Waals surface area contributed by atoms with Gasteiger partial charge in [0.1, 0.15) is 4.90 Å². The number of halogens is 1. The van der Waals surface area contributed by atoms with E-state index < -0.39 is 4.92 Å². The normalized spacial score (nSPS) is 13.4. The fourth-order valence-corrected chi connectivity index (χ4v) is 4.42. The zero-order valence-corrected chi connectivity index (χ0v) is 14.6. The van der Waals surface area contributed by atoms with E-state index in [9.17, 15) is 14.9 Å². The maximum absolute atomic E-state index is 11.9. The number of aromatic amines is 1. The second-order valence-electron chi connectivity index (χ2n) is 4.73. The van der Waals surface area contributed by atoms with E-state index in [4.69, 9.17) is 11.6 Å². The summed E-state index contributed by atoms with van der Waals surface area (Å²) >= 11 is 8.74. The quantitative estimate of drug-likeness (QED) is 0.641. The van der Waals surface area contributed by atoms with Crippen molar-refractivity contribution in [2.75, 3.05) is 12.1 Å². The highest BCUT2D eigenvalue weighted by Crippen LogP contribution is 2.37. The number of hydrogen-bond donors (Lipinski definition) is 1. The lowest BCUT2D eigenvalue weighted by Gasteiger charge is -2.21. The van der Waals surface area contributed by atoms with Gasteiger partial charge in [0, 0.05) is 24.9 Å². The number of thioether (sulfide) groups is 2. The van der Waals surface area contributed by atoms with Crippen molar-refractivity contribution in [1.82, 2.24) is 10.2 Å². The number of benzene rings is 1. The number of nitro benzene ring substituents is 1. The summed E-state index contributed by atoms with van der Waals surface area (Å²) in [5, 5.41) is 23.2. The van der Waals surface area contributed by atoms with Crippen LogP contribution < -0.4 is 10.6 Å². The van der Waals surface area contributed by atoms with Crippen molar-refractivity contribution in [3.63, 3.8) is 0 Å². The molecule has 1 aliphatic rings. The van der Waals surface area contributed by atoms with Crippen LogP contribution in [0.5, 0.6) is 0 Å². The molecular formula is C13H10ClN5O3S2. The molecule has 0 amide bonds. The van der Waals surface area contributed by atoms with Gasteiger partial charge in [0.05, 0.1) is 21.8 Å². The van der Waals surface area contributed by atoms with Crippen LogP contribution in [0.15, 0.2) is 39.2 Å². The Kier molecular flexibility index (Phi) is 4.78. The van der Waals surface area contributed by atoms with Crippen LogP contribution in [-0.2, 0) is 5.75 Å². The minimum atomic E-state index is -0.490. The van der Waals surface area contributed by atoms with Crippen molar-refractivity contribution in [2.24, 2.45) is 5.10 Å². The maximum Gasteiger partial charge on any atom is 0.280 e. The second-order valence-corrected chi connectivity index (χ2v) is 7.36. The van der Waals surface area contributed by atoms with Gasteiger partial charge in [-0.25, -0.2) is 5.10 Å². The summed E-state index contributed by atoms with van der Waals surface area (Å²) in [4.78, 5) is 22.6. The van der Waals surface area contributed by atoms with Gasteiger partial charge in [0.25, 0.3) is 11.2 Å². The number of anilines is 1. The van der Waals surface area contributed by atoms with Gasteiger partial charge in [-0.1, -0.05) is 35.1 Å². The van der Waals surface area contributed by atoms with E-state index in [0.717, 1.165) is 5.56 Å². The van der Waals surface area contributed by atoms with E-state index in [1.807, 2.05) is 0 Å². The number of nitro groups is 1. The van der Waals surface area contributed by atoms with Gasteiger partial charge >= 0.3 is 0 Å². The smallest absolute Gasteiger partial charge is 0.267 e. The molecule has 0 unspecified atom stereocenters. The molecule has 11 heteroatoms. The number of aromatic nitrogens is 2. The molecule has 0 radical (unpaired) electrons. The molecule has 0 saturated carbocycles. The SMILES string of the molecule is CN1N=C(SCc2ccc([N+](=O)[O-])cc2Cl)Sc2c1cn[nH]c2=O. The van der Waals surface area contributed by atoms with Crippen molar-refractivity contribution in [1.29, 1.82) is 0 Å². The molecule has 1 N–H and O–H groups in total. The van der Waals surface area contributed by atoms with Crippen LogP contribution in [0.2, 0.25) is 5.02 Å². The first kappa shape index (κ1) is 16.8. The highest BCUT2D eigenvalue weighted by Gasteiger charge is 2.21. The van der Waals surface area contributed by atoms with Gasteiger partial charge in [0.2, 0.25) is 0 Å². The Labute approximate surface area is 149 Å². The summed E-state index contributed by atoms with van der Waals surface area (Å²) in [6.07, 6.45) is 1.54. The van der Waals surface area contributed by atoms with Gasteiger partial charge < -0.3 is 0 Å². The predicted octanol–water partition coefficient (Wildman–Crippen LogP) is 3.08. The zero-order chi connectivity index (χ0) is 17.3. The van der Waals surface area contributed by atoms with Gasteiger partial charge in [-0.15, -0.1) is 0 Å². The summed E-state index contributed by atoms with van der Waals surface area (Å²) in [5.74, 6) is 0.481. The lowest BCUT2D eigenvalue weighted by Crippen LogP contribution is -2.22. The number of hydrogen-bond acceptors (Lipinski definition) is 8.